The highest BCUT2D eigenvalue weighted by molar-refractivity contribution is 7.46. The normalized spacial score (nSPS) is 13.8. The van der Waals surface area contributed by atoms with Crippen LogP contribution in [-0.4, -0.2) is 41.0 Å². The van der Waals surface area contributed by atoms with Gasteiger partial charge in [0.15, 0.2) is 6.10 Å². The van der Waals surface area contributed by atoms with Gasteiger partial charge >= 0.3 is 19.8 Å². The van der Waals surface area contributed by atoms with Crippen LogP contribution in [0.5, 0.6) is 0 Å². The van der Waals surface area contributed by atoms with Crippen LogP contribution in [0.4, 0.5) is 0 Å². The smallest absolute Gasteiger partial charge is 0.462 e. The van der Waals surface area contributed by atoms with E-state index in [0.29, 0.717) is 19.3 Å². The summed E-state index contributed by atoms with van der Waals surface area (Å²) in [5, 5.41) is 0. The van der Waals surface area contributed by atoms with Crippen LogP contribution < -0.4 is 0 Å². The Hall–Kier alpha value is -3.29. The third-order valence-electron chi connectivity index (χ3n) is 6.79. The van der Waals surface area contributed by atoms with Crippen molar-refractivity contribution in [1.29, 1.82) is 0 Å². The van der Waals surface area contributed by atoms with Gasteiger partial charge in [0.1, 0.15) is 6.61 Å². The van der Waals surface area contributed by atoms with Gasteiger partial charge in [0, 0.05) is 12.8 Å². The first-order valence-electron chi connectivity index (χ1n) is 18.2. The molecule has 0 saturated carbocycles. The minimum atomic E-state index is -4.78. The quantitative estimate of drug-likeness (QED) is 0.0315. The molecule has 280 valence electrons. The van der Waals surface area contributed by atoms with E-state index in [0.717, 1.165) is 70.6 Å². The van der Waals surface area contributed by atoms with E-state index < -0.39 is 32.5 Å². The van der Waals surface area contributed by atoms with E-state index in [1.807, 2.05) is 12.2 Å². The highest BCUT2D eigenvalue weighted by atomic mass is 31.2. The topological polar surface area (TPSA) is 119 Å². The molecule has 0 aromatic rings. The summed E-state index contributed by atoms with van der Waals surface area (Å²) in [5.41, 5.74) is 0. The molecule has 8 nitrogen and oxygen atoms in total. The zero-order chi connectivity index (χ0) is 36.8. The Balaban J connectivity index is 4.20. The molecule has 0 aliphatic carbocycles. The first-order chi connectivity index (χ1) is 24.3. The van der Waals surface area contributed by atoms with E-state index >= 15 is 0 Å². The van der Waals surface area contributed by atoms with Crippen LogP contribution in [0.1, 0.15) is 117 Å². The fourth-order valence-electron chi connectivity index (χ4n) is 4.16. The van der Waals surface area contributed by atoms with Gasteiger partial charge in [-0.3, -0.25) is 14.1 Å². The molecule has 0 aliphatic rings. The number of allylic oxidation sites excluding steroid dienone is 18. The van der Waals surface area contributed by atoms with E-state index in [1.54, 1.807) is 0 Å². The largest absolute Gasteiger partial charge is 0.469 e. The van der Waals surface area contributed by atoms with Crippen LogP contribution in [0.25, 0.3) is 0 Å². The number of hydrogen-bond donors (Lipinski definition) is 2. The Kier molecular flexibility index (Phi) is 33.2. The van der Waals surface area contributed by atoms with Gasteiger partial charge in [-0.05, 0) is 89.9 Å². The molecule has 0 radical (unpaired) electrons. The van der Waals surface area contributed by atoms with Gasteiger partial charge < -0.3 is 19.3 Å². The van der Waals surface area contributed by atoms with Gasteiger partial charge in [-0.1, -0.05) is 123 Å². The van der Waals surface area contributed by atoms with Gasteiger partial charge in [-0.15, -0.1) is 0 Å². The standard InChI is InChI=1S/C41H63O8P/c1-3-5-7-9-11-13-15-17-19-20-22-24-26-28-30-32-34-36-41(43)49-39(38-48-50(44,45)46)37-47-40(42)35-33-31-29-27-25-23-21-18-16-14-12-10-8-6-4-2/h5-8,11-14,17-19,21-22,24-25,27-28,30,39H,3-4,9-10,15-16,20,23,26,29,31-38H2,1-2H3,(H2,44,45,46)/b7-5+,8-6+,13-11+,14-12+,19-17+,21-18+,24-22+,27-25+,30-28+/t39-/m1/s1. The Bertz CT molecular complexity index is 1170. The Labute approximate surface area is 302 Å². The molecule has 0 unspecified atom stereocenters. The molecular formula is C41H63O8P. The van der Waals surface area contributed by atoms with Gasteiger partial charge in [0.05, 0.1) is 6.61 Å². The lowest BCUT2D eigenvalue weighted by molar-refractivity contribution is -0.161. The lowest BCUT2D eigenvalue weighted by atomic mass is 10.2. The van der Waals surface area contributed by atoms with E-state index in [4.69, 9.17) is 19.3 Å². The second kappa shape index (κ2) is 35.5. The molecule has 0 fully saturated rings. The van der Waals surface area contributed by atoms with E-state index in [1.165, 1.54) is 0 Å². The second-order valence-corrected chi connectivity index (χ2v) is 12.7. The summed E-state index contributed by atoms with van der Waals surface area (Å²) in [6.07, 6.45) is 49.6. The van der Waals surface area contributed by atoms with Crippen molar-refractivity contribution in [3.63, 3.8) is 0 Å². The molecule has 0 aliphatic heterocycles. The van der Waals surface area contributed by atoms with Gasteiger partial charge in [-0.2, -0.15) is 0 Å². The molecule has 1 atom stereocenters. The van der Waals surface area contributed by atoms with E-state index in [9.17, 15) is 14.2 Å². The molecule has 0 bridgehead atoms. The van der Waals surface area contributed by atoms with Crippen LogP contribution in [-0.2, 0) is 28.2 Å². The fourth-order valence-corrected chi connectivity index (χ4v) is 4.52. The fraction of sp³-hybridized carbons (Fsp3) is 0.512. The second-order valence-electron chi connectivity index (χ2n) is 11.4. The van der Waals surface area contributed by atoms with Crippen molar-refractivity contribution in [2.45, 2.75) is 123 Å². The summed E-state index contributed by atoms with van der Waals surface area (Å²) in [4.78, 5) is 42.6. The summed E-state index contributed by atoms with van der Waals surface area (Å²) >= 11 is 0. The first-order valence-corrected chi connectivity index (χ1v) is 19.7. The number of phosphoric acid groups is 1. The van der Waals surface area contributed by atoms with Crippen molar-refractivity contribution >= 4 is 19.8 Å². The maximum Gasteiger partial charge on any atom is 0.469 e. The van der Waals surface area contributed by atoms with Crippen LogP contribution in [0, 0.1) is 0 Å². The number of phosphoric ester groups is 1. The molecule has 0 rings (SSSR count). The summed E-state index contributed by atoms with van der Waals surface area (Å²) in [5.74, 6) is -1.02. The number of carbonyl (C=O) groups excluding carboxylic acids is 2. The molecule has 0 aromatic heterocycles. The van der Waals surface area contributed by atoms with E-state index in [2.05, 4.69) is 116 Å². The predicted octanol–water partition coefficient (Wildman–Crippen LogP) is 10.8. The van der Waals surface area contributed by atoms with Crippen LogP contribution in [0.15, 0.2) is 109 Å². The Morgan fingerprint density at radius 3 is 1.32 bits per heavy atom. The molecule has 0 heterocycles. The van der Waals surface area contributed by atoms with Crippen molar-refractivity contribution in [3.05, 3.63) is 109 Å². The third kappa shape index (κ3) is 37.5. The minimum absolute atomic E-state index is 0.117. The number of hydrogen-bond acceptors (Lipinski definition) is 6. The first kappa shape index (κ1) is 46.7. The molecule has 0 saturated heterocycles. The number of esters is 2. The van der Waals surface area contributed by atoms with Gasteiger partial charge in [0.25, 0.3) is 0 Å². The van der Waals surface area contributed by atoms with Crippen molar-refractivity contribution in [1.82, 2.24) is 0 Å². The van der Waals surface area contributed by atoms with Crippen molar-refractivity contribution < 1.29 is 37.9 Å². The summed E-state index contributed by atoms with van der Waals surface area (Å²) in [6, 6.07) is 0. The molecule has 0 aromatic carbocycles. The average Bonchev–Trinajstić information content (AvgIpc) is 3.08. The number of ether oxygens (including phenoxy) is 2. The summed E-state index contributed by atoms with van der Waals surface area (Å²) in [6.45, 7) is 3.34. The van der Waals surface area contributed by atoms with Crippen LogP contribution >= 0.6 is 7.82 Å². The third-order valence-corrected chi connectivity index (χ3v) is 7.27. The monoisotopic (exact) mass is 714 g/mol. The minimum Gasteiger partial charge on any atom is -0.462 e. The Morgan fingerprint density at radius 1 is 0.520 bits per heavy atom. The van der Waals surface area contributed by atoms with Crippen molar-refractivity contribution in [3.8, 4) is 0 Å². The number of rotatable bonds is 31. The van der Waals surface area contributed by atoms with E-state index in [-0.39, 0.29) is 19.4 Å². The van der Waals surface area contributed by atoms with Gasteiger partial charge in [0.2, 0.25) is 0 Å². The molecule has 0 spiro atoms. The molecule has 50 heavy (non-hydrogen) atoms. The molecule has 2 N–H and O–H groups in total. The highest BCUT2D eigenvalue weighted by Gasteiger charge is 2.22. The van der Waals surface area contributed by atoms with Crippen LogP contribution in [0.3, 0.4) is 0 Å². The maximum absolute atomic E-state index is 12.3. The zero-order valence-corrected chi connectivity index (χ0v) is 31.4. The maximum atomic E-state index is 12.3. The summed E-state index contributed by atoms with van der Waals surface area (Å²) < 4.78 is 26.2. The van der Waals surface area contributed by atoms with Crippen molar-refractivity contribution in [2.24, 2.45) is 0 Å². The van der Waals surface area contributed by atoms with Gasteiger partial charge in [-0.25, -0.2) is 4.57 Å². The SMILES string of the molecule is CC/C=C/C/C=C/C/C=C/C/C=C/C/C=C/CCCC(=O)O[C@H](COC(=O)CCCC/C=C/C/C=C/C/C=C/C/C=C/CC)COP(=O)(O)O. The molecule has 9 heteroatoms. The lowest BCUT2D eigenvalue weighted by Gasteiger charge is -2.18. The highest BCUT2D eigenvalue weighted by Crippen LogP contribution is 2.35. The van der Waals surface area contributed by atoms with Crippen LogP contribution in [0.2, 0.25) is 0 Å². The van der Waals surface area contributed by atoms with Crippen molar-refractivity contribution in [2.75, 3.05) is 13.2 Å². The predicted molar refractivity (Wildman–Crippen MR) is 206 cm³/mol. The molecule has 0 amide bonds. The number of carbonyl (C=O) groups is 2. The number of unbranched alkanes of at least 4 members (excludes halogenated alkanes) is 3. The summed E-state index contributed by atoms with van der Waals surface area (Å²) in [7, 11) is -4.78. The average molecular weight is 715 g/mol. The zero-order valence-electron chi connectivity index (χ0n) is 30.5. The molecular weight excluding hydrogens is 651 g/mol. The Morgan fingerprint density at radius 2 is 0.900 bits per heavy atom. The lowest BCUT2D eigenvalue weighted by Crippen LogP contribution is -2.29.